The monoisotopic (exact) mass is 327 g/mol. The van der Waals surface area contributed by atoms with Gasteiger partial charge in [0.2, 0.25) is 5.91 Å². The maximum absolute atomic E-state index is 11.9. The molecule has 0 atom stereocenters. The summed E-state index contributed by atoms with van der Waals surface area (Å²) in [6.07, 6.45) is 8.05. The van der Waals surface area contributed by atoms with Gasteiger partial charge in [0.1, 0.15) is 0 Å². The molecular weight excluding hydrogens is 306 g/mol. The van der Waals surface area contributed by atoms with Crippen molar-refractivity contribution in [3.05, 3.63) is 35.4 Å². The highest BCUT2D eigenvalue weighted by atomic mass is 16.5. The molecule has 1 aromatic rings. The minimum Gasteiger partial charge on any atom is -0.465 e. The molecule has 1 aliphatic heterocycles. The van der Waals surface area contributed by atoms with E-state index in [1.807, 2.05) is 12.1 Å². The maximum Gasteiger partial charge on any atom is 0.338 e. The molecule has 0 radical (unpaired) electrons. The Morgan fingerprint density at radius 1 is 1.29 bits per heavy atom. The van der Waals surface area contributed by atoms with Crippen molar-refractivity contribution < 1.29 is 14.3 Å². The number of benzene rings is 1. The zero-order valence-electron chi connectivity index (χ0n) is 13.7. The Hall–Kier alpha value is -2.68. The lowest BCUT2D eigenvalue weighted by Gasteiger charge is -2.10. The zero-order chi connectivity index (χ0) is 17.4. The highest BCUT2D eigenvalue weighted by molar-refractivity contribution is 5.91. The number of terminal acetylenes is 1. The van der Waals surface area contributed by atoms with Crippen molar-refractivity contribution in [1.29, 1.82) is 0 Å². The van der Waals surface area contributed by atoms with E-state index in [1.54, 1.807) is 12.1 Å². The zero-order valence-corrected chi connectivity index (χ0v) is 13.7. The summed E-state index contributed by atoms with van der Waals surface area (Å²) in [6.45, 7) is 0.457. The van der Waals surface area contributed by atoms with E-state index in [-0.39, 0.29) is 11.9 Å². The second-order valence-electron chi connectivity index (χ2n) is 5.64. The number of nitrogens with one attached hydrogen (secondary N) is 1. The van der Waals surface area contributed by atoms with Crippen LogP contribution in [0.25, 0.3) is 0 Å². The standard InChI is InChI=1S/C18H21N3O3/c1-3-4-11-18(20-21-18)12-9-16(22)19-13-10-14-7-5-6-8-15(14)17(23)24-2/h1,5-8H,4,9-13H2,2H3,(H,19,22). The first-order valence-electron chi connectivity index (χ1n) is 7.91. The van der Waals surface area contributed by atoms with Gasteiger partial charge >= 0.3 is 5.97 Å². The molecule has 1 aromatic carbocycles. The second-order valence-corrected chi connectivity index (χ2v) is 5.64. The van der Waals surface area contributed by atoms with Gasteiger partial charge in [-0.1, -0.05) is 18.2 Å². The van der Waals surface area contributed by atoms with Gasteiger partial charge in [0.15, 0.2) is 5.66 Å². The average molecular weight is 327 g/mol. The third-order valence-corrected chi connectivity index (χ3v) is 3.94. The largest absolute Gasteiger partial charge is 0.465 e. The summed E-state index contributed by atoms with van der Waals surface area (Å²) >= 11 is 0. The van der Waals surface area contributed by atoms with Crippen LogP contribution in [0.3, 0.4) is 0 Å². The van der Waals surface area contributed by atoms with Gasteiger partial charge in [0.05, 0.1) is 12.7 Å². The Morgan fingerprint density at radius 2 is 2.04 bits per heavy atom. The SMILES string of the molecule is C#CCCC1(CCC(=O)NCCc2ccccc2C(=O)OC)N=N1. The molecular formula is C18H21N3O3. The van der Waals surface area contributed by atoms with Gasteiger partial charge < -0.3 is 10.1 Å². The van der Waals surface area contributed by atoms with Crippen LogP contribution >= 0.6 is 0 Å². The molecule has 24 heavy (non-hydrogen) atoms. The van der Waals surface area contributed by atoms with E-state index in [4.69, 9.17) is 11.2 Å². The topological polar surface area (TPSA) is 80.1 Å². The van der Waals surface area contributed by atoms with Gasteiger partial charge in [-0.2, -0.15) is 10.2 Å². The lowest BCUT2D eigenvalue weighted by Crippen LogP contribution is -2.27. The van der Waals surface area contributed by atoms with Crippen molar-refractivity contribution in [2.24, 2.45) is 10.2 Å². The Morgan fingerprint density at radius 3 is 2.71 bits per heavy atom. The van der Waals surface area contributed by atoms with Crippen molar-refractivity contribution in [2.45, 2.75) is 37.8 Å². The lowest BCUT2D eigenvalue weighted by atomic mass is 10.0. The van der Waals surface area contributed by atoms with Crippen LogP contribution in [0.5, 0.6) is 0 Å². The molecule has 0 aliphatic carbocycles. The number of ether oxygens (including phenoxy) is 1. The van der Waals surface area contributed by atoms with Crippen LogP contribution in [0.4, 0.5) is 0 Å². The van der Waals surface area contributed by atoms with E-state index in [0.717, 1.165) is 5.56 Å². The van der Waals surface area contributed by atoms with Gasteiger partial charge in [-0.25, -0.2) is 4.79 Å². The summed E-state index contributed by atoms with van der Waals surface area (Å²) in [7, 11) is 1.35. The van der Waals surface area contributed by atoms with Crippen LogP contribution in [-0.2, 0) is 16.0 Å². The predicted molar refractivity (Wildman–Crippen MR) is 89.4 cm³/mol. The minimum absolute atomic E-state index is 0.0528. The van der Waals surface area contributed by atoms with Crippen LogP contribution in [-0.4, -0.2) is 31.2 Å². The van der Waals surface area contributed by atoms with Crippen LogP contribution < -0.4 is 5.32 Å². The van der Waals surface area contributed by atoms with Gasteiger partial charge in [-0.15, -0.1) is 12.3 Å². The number of methoxy groups -OCH3 is 1. The summed E-state index contributed by atoms with van der Waals surface area (Å²) in [5, 5.41) is 10.9. The molecule has 0 saturated heterocycles. The molecule has 1 heterocycles. The third-order valence-electron chi connectivity index (χ3n) is 3.94. The fraction of sp³-hybridized carbons (Fsp3) is 0.444. The fourth-order valence-corrected chi connectivity index (χ4v) is 2.45. The van der Waals surface area contributed by atoms with Crippen LogP contribution in [0.1, 0.15) is 41.6 Å². The normalized spacial score (nSPS) is 13.8. The highest BCUT2D eigenvalue weighted by Crippen LogP contribution is 2.37. The highest BCUT2D eigenvalue weighted by Gasteiger charge is 2.39. The van der Waals surface area contributed by atoms with Gasteiger partial charge in [-0.3, -0.25) is 4.79 Å². The molecule has 0 fully saturated rings. The summed E-state index contributed by atoms with van der Waals surface area (Å²) in [5.74, 6) is 2.14. The molecule has 0 saturated carbocycles. The van der Waals surface area contributed by atoms with Gasteiger partial charge in [0.25, 0.3) is 0 Å². The second kappa shape index (κ2) is 8.25. The molecule has 0 aromatic heterocycles. The van der Waals surface area contributed by atoms with E-state index < -0.39 is 5.66 Å². The van der Waals surface area contributed by atoms with Crippen molar-refractivity contribution in [1.82, 2.24) is 5.32 Å². The molecule has 2 rings (SSSR count). The number of rotatable bonds is 9. The number of hydrogen-bond donors (Lipinski definition) is 1. The summed E-state index contributed by atoms with van der Waals surface area (Å²) in [4.78, 5) is 23.6. The smallest absolute Gasteiger partial charge is 0.338 e. The number of carbonyl (C=O) groups is 2. The number of carbonyl (C=O) groups excluding carboxylic acids is 2. The quantitative estimate of drug-likeness (QED) is 0.559. The molecule has 0 unspecified atom stereocenters. The molecule has 6 nitrogen and oxygen atoms in total. The molecule has 1 amide bonds. The van der Waals surface area contributed by atoms with Crippen molar-refractivity contribution >= 4 is 11.9 Å². The molecule has 6 heteroatoms. The summed E-state index contributed by atoms with van der Waals surface area (Å²) < 4.78 is 4.76. The predicted octanol–water partition coefficient (Wildman–Crippen LogP) is 2.49. The first-order valence-corrected chi connectivity index (χ1v) is 7.91. The van der Waals surface area contributed by atoms with E-state index in [0.29, 0.717) is 44.2 Å². The summed E-state index contributed by atoms with van der Waals surface area (Å²) in [5.41, 5.74) is 0.946. The molecule has 0 bridgehead atoms. The Balaban J connectivity index is 1.74. The first-order chi connectivity index (χ1) is 11.6. The number of amides is 1. The molecule has 0 spiro atoms. The Kier molecular flexibility index (Phi) is 6.07. The van der Waals surface area contributed by atoms with Crippen LogP contribution in [0, 0.1) is 12.3 Å². The van der Waals surface area contributed by atoms with Crippen LogP contribution in [0.2, 0.25) is 0 Å². The van der Waals surface area contributed by atoms with Gasteiger partial charge in [0, 0.05) is 32.2 Å². The molecule has 1 aliphatic rings. The number of nitrogens with zero attached hydrogens (tertiary/aromatic N) is 2. The maximum atomic E-state index is 11.9. The average Bonchev–Trinajstić information content (AvgIpc) is 3.38. The van der Waals surface area contributed by atoms with Crippen LogP contribution in [0.15, 0.2) is 34.5 Å². The van der Waals surface area contributed by atoms with E-state index in [9.17, 15) is 9.59 Å². The summed E-state index contributed by atoms with van der Waals surface area (Å²) in [6, 6.07) is 7.21. The van der Waals surface area contributed by atoms with Crippen molar-refractivity contribution in [3.63, 3.8) is 0 Å². The van der Waals surface area contributed by atoms with Crippen molar-refractivity contribution in [3.8, 4) is 12.3 Å². The van der Waals surface area contributed by atoms with E-state index in [2.05, 4.69) is 21.5 Å². The van der Waals surface area contributed by atoms with E-state index >= 15 is 0 Å². The molecule has 126 valence electrons. The Labute approximate surface area is 141 Å². The number of esters is 1. The first kappa shape index (κ1) is 17.7. The fourth-order valence-electron chi connectivity index (χ4n) is 2.45. The van der Waals surface area contributed by atoms with Gasteiger partial charge in [-0.05, 0) is 18.1 Å². The van der Waals surface area contributed by atoms with E-state index in [1.165, 1.54) is 7.11 Å². The Bertz CT molecular complexity index is 670. The third kappa shape index (κ3) is 4.92. The van der Waals surface area contributed by atoms with Crippen molar-refractivity contribution in [2.75, 3.05) is 13.7 Å². The minimum atomic E-state index is -0.429. The molecule has 1 N–H and O–H groups in total. The number of hydrogen-bond acceptors (Lipinski definition) is 5. The lowest BCUT2D eigenvalue weighted by molar-refractivity contribution is -0.121.